The van der Waals surface area contributed by atoms with E-state index in [2.05, 4.69) is 0 Å². The van der Waals surface area contributed by atoms with Crippen molar-refractivity contribution in [2.24, 2.45) is 0 Å². The van der Waals surface area contributed by atoms with Gasteiger partial charge in [-0.2, -0.15) is 0 Å². The SMILES string of the molecule is Cc1ccc(C(=O)c2c(C)sc3c2CCC3C(=O)O)s1. The zero-order chi connectivity index (χ0) is 14.4. The fraction of sp³-hybridized carbons (Fsp3) is 0.333. The maximum atomic E-state index is 12.6. The minimum absolute atomic E-state index is 0.0455. The van der Waals surface area contributed by atoms with Crippen LogP contribution in [0.25, 0.3) is 0 Å². The highest BCUT2D eigenvalue weighted by molar-refractivity contribution is 7.15. The Morgan fingerprint density at radius 3 is 2.60 bits per heavy atom. The normalized spacial score (nSPS) is 17.2. The van der Waals surface area contributed by atoms with Crippen molar-refractivity contribution in [2.45, 2.75) is 32.6 Å². The number of aliphatic carboxylic acids is 1. The predicted octanol–water partition coefficient (Wildman–Crippen LogP) is 3.77. The molecule has 3 nitrogen and oxygen atoms in total. The van der Waals surface area contributed by atoms with Crippen molar-refractivity contribution in [1.29, 1.82) is 0 Å². The molecule has 20 heavy (non-hydrogen) atoms. The smallest absolute Gasteiger partial charge is 0.311 e. The van der Waals surface area contributed by atoms with E-state index in [1.54, 1.807) is 0 Å². The van der Waals surface area contributed by atoms with Gasteiger partial charge in [0.15, 0.2) is 0 Å². The topological polar surface area (TPSA) is 54.4 Å². The summed E-state index contributed by atoms with van der Waals surface area (Å²) in [4.78, 5) is 27.6. The number of carboxylic acid groups (broad SMARTS) is 1. The standard InChI is InChI=1S/C15H14O3S2/c1-7-3-6-11(19-7)13(16)12-8(2)20-14-9(12)4-5-10(14)15(17)18/h3,6,10H,4-5H2,1-2H3,(H,17,18). The summed E-state index contributed by atoms with van der Waals surface area (Å²) in [7, 11) is 0. The van der Waals surface area contributed by atoms with Gasteiger partial charge in [-0.3, -0.25) is 9.59 Å². The molecule has 0 saturated carbocycles. The van der Waals surface area contributed by atoms with Crippen molar-refractivity contribution >= 4 is 34.4 Å². The predicted molar refractivity (Wildman–Crippen MR) is 80.2 cm³/mol. The van der Waals surface area contributed by atoms with Crippen LogP contribution in [0, 0.1) is 13.8 Å². The Morgan fingerprint density at radius 2 is 2.00 bits per heavy atom. The van der Waals surface area contributed by atoms with Gasteiger partial charge in [-0.15, -0.1) is 22.7 Å². The molecule has 3 rings (SSSR count). The zero-order valence-electron chi connectivity index (χ0n) is 11.2. The van der Waals surface area contributed by atoms with Gasteiger partial charge < -0.3 is 5.11 Å². The second kappa shape index (κ2) is 4.82. The van der Waals surface area contributed by atoms with E-state index in [9.17, 15) is 14.7 Å². The number of carbonyl (C=O) groups is 2. The van der Waals surface area contributed by atoms with Crippen LogP contribution in [-0.4, -0.2) is 16.9 Å². The molecule has 0 aromatic carbocycles. The molecule has 1 unspecified atom stereocenters. The summed E-state index contributed by atoms with van der Waals surface area (Å²) in [5.74, 6) is -1.17. The van der Waals surface area contributed by atoms with Gasteiger partial charge in [0.1, 0.15) is 0 Å². The lowest BCUT2D eigenvalue weighted by Crippen LogP contribution is -2.06. The number of fused-ring (bicyclic) bond motifs is 1. The molecule has 0 spiro atoms. The zero-order valence-corrected chi connectivity index (χ0v) is 12.9. The van der Waals surface area contributed by atoms with Crippen molar-refractivity contribution in [2.75, 3.05) is 0 Å². The van der Waals surface area contributed by atoms with E-state index in [0.29, 0.717) is 12.8 Å². The minimum Gasteiger partial charge on any atom is -0.481 e. The Balaban J connectivity index is 2.06. The third-order valence-electron chi connectivity index (χ3n) is 3.70. The highest BCUT2D eigenvalue weighted by Crippen LogP contribution is 2.43. The molecule has 2 aromatic rings. The average molecular weight is 306 g/mol. The molecular formula is C15H14O3S2. The third kappa shape index (κ3) is 2.01. The molecule has 0 amide bonds. The van der Waals surface area contributed by atoms with E-state index in [0.717, 1.165) is 30.6 Å². The molecule has 0 saturated heterocycles. The van der Waals surface area contributed by atoms with Crippen molar-refractivity contribution in [1.82, 2.24) is 0 Å². The lowest BCUT2D eigenvalue weighted by atomic mass is 10.0. The molecule has 2 aromatic heterocycles. The first-order valence-electron chi connectivity index (χ1n) is 6.45. The van der Waals surface area contributed by atoms with Gasteiger partial charge in [-0.25, -0.2) is 0 Å². The van der Waals surface area contributed by atoms with E-state index < -0.39 is 11.9 Å². The van der Waals surface area contributed by atoms with E-state index in [-0.39, 0.29) is 5.78 Å². The number of hydrogen-bond donors (Lipinski definition) is 1. The van der Waals surface area contributed by atoms with Crippen LogP contribution in [0.15, 0.2) is 12.1 Å². The average Bonchev–Trinajstić information content (AvgIpc) is 3.02. The third-order valence-corrected chi connectivity index (χ3v) is 5.96. The second-order valence-electron chi connectivity index (χ2n) is 5.04. The summed E-state index contributed by atoms with van der Waals surface area (Å²) in [6, 6.07) is 3.80. The van der Waals surface area contributed by atoms with Crippen molar-refractivity contribution < 1.29 is 14.7 Å². The van der Waals surface area contributed by atoms with Crippen LogP contribution in [0.2, 0.25) is 0 Å². The maximum Gasteiger partial charge on any atom is 0.311 e. The first-order chi connectivity index (χ1) is 9.49. The Hall–Kier alpha value is -1.46. The van der Waals surface area contributed by atoms with Gasteiger partial charge in [0.25, 0.3) is 0 Å². The number of ketones is 1. The van der Waals surface area contributed by atoms with E-state index in [4.69, 9.17) is 0 Å². The first-order valence-corrected chi connectivity index (χ1v) is 8.08. The largest absolute Gasteiger partial charge is 0.481 e. The number of hydrogen-bond acceptors (Lipinski definition) is 4. The molecule has 2 heterocycles. The van der Waals surface area contributed by atoms with Crippen LogP contribution in [0.4, 0.5) is 0 Å². The fourth-order valence-electron chi connectivity index (χ4n) is 2.77. The van der Waals surface area contributed by atoms with Crippen molar-refractivity contribution in [3.05, 3.63) is 42.8 Å². The Kier molecular flexibility index (Phi) is 3.26. The second-order valence-corrected chi connectivity index (χ2v) is 7.59. The molecule has 0 fully saturated rings. The van der Waals surface area contributed by atoms with Gasteiger partial charge in [-0.05, 0) is 44.4 Å². The molecule has 1 aliphatic rings. The van der Waals surface area contributed by atoms with Gasteiger partial charge in [0, 0.05) is 20.2 Å². The van der Waals surface area contributed by atoms with Crippen molar-refractivity contribution in [3.63, 3.8) is 0 Å². The number of aryl methyl sites for hydroxylation is 2. The summed E-state index contributed by atoms with van der Waals surface area (Å²) < 4.78 is 0. The Morgan fingerprint density at radius 1 is 1.25 bits per heavy atom. The van der Waals surface area contributed by atoms with Gasteiger partial charge >= 0.3 is 5.97 Å². The highest BCUT2D eigenvalue weighted by atomic mass is 32.1. The van der Waals surface area contributed by atoms with E-state index in [1.165, 1.54) is 22.7 Å². The van der Waals surface area contributed by atoms with Crippen LogP contribution >= 0.6 is 22.7 Å². The maximum absolute atomic E-state index is 12.6. The molecule has 5 heteroatoms. The molecule has 1 atom stereocenters. The highest BCUT2D eigenvalue weighted by Gasteiger charge is 2.35. The Labute approximate surface area is 124 Å². The molecule has 0 radical (unpaired) electrons. The minimum atomic E-state index is -0.782. The summed E-state index contributed by atoms with van der Waals surface area (Å²) in [6.45, 7) is 3.89. The summed E-state index contributed by atoms with van der Waals surface area (Å²) in [5.41, 5.74) is 1.71. The lowest BCUT2D eigenvalue weighted by molar-refractivity contribution is -0.138. The molecule has 0 bridgehead atoms. The number of thiophene rings is 2. The molecule has 1 aliphatic carbocycles. The van der Waals surface area contributed by atoms with Crippen LogP contribution in [0.3, 0.4) is 0 Å². The van der Waals surface area contributed by atoms with E-state index in [1.807, 2.05) is 26.0 Å². The molecular weight excluding hydrogens is 292 g/mol. The summed E-state index contributed by atoms with van der Waals surface area (Å²) in [5, 5.41) is 9.24. The van der Waals surface area contributed by atoms with E-state index >= 15 is 0 Å². The van der Waals surface area contributed by atoms with Gasteiger partial charge in [0.2, 0.25) is 5.78 Å². The molecule has 0 aliphatic heterocycles. The number of rotatable bonds is 3. The number of carbonyl (C=O) groups excluding carboxylic acids is 1. The van der Waals surface area contributed by atoms with Gasteiger partial charge in [0.05, 0.1) is 10.8 Å². The monoisotopic (exact) mass is 306 g/mol. The number of carboxylic acids is 1. The van der Waals surface area contributed by atoms with Crippen molar-refractivity contribution in [3.8, 4) is 0 Å². The quantitative estimate of drug-likeness (QED) is 0.878. The lowest BCUT2D eigenvalue weighted by Gasteiger charge is -2.01. The molecule has 1 N–H and O–H groups in total. The molecule has 104 valence electrons. The van der Waals surface area contributed by atoms with Crippen LogP contribution in [-0.2, 0) is 11.2 Å². The summed E-state index contributed by atoms with van der Waals surface area (Å²) in [6.07, 6.45) is 1.31. The first kappa shape index (κ1) is 13.5. The fourth-order valence-corrected chi connectivity index (χ4v) is 4.92. The Bertz CT molecular complexity index is 709. The van der Waals surface area contributed by atoms with Gasteiger partial charge in [-0.1, -0.05) is 0 Å². The summed E-state index contributed by atoms with van der Waals surface area (Å²) >= 11 is 2.97. The van der Waals surface area contributed by atoms with Crippen LogP contribution in [0.1, 0.15) is 47.8 Å². The van der Waals surface area contributed by atoms with Crippen LogP contribution < -0.4 is 0 Å². The van der Waals surface area contributed by atoms with Crippen LogP contribution in [0.5, 0.6) is 0 Å².